The van der Waals surface area contributed by atoms with E-state index in [1.807, 2.05) is 0 Å². The Kier molecular flexibility index (Phi) is 4.75. The third-order valence-corrected chi connectivity index (χ3v) is 5.12. The average Bonchev–Trinajstić information content (AvgIpc) is 3.48. The molecule has 2 aromatic rings. The van der Waals surface area contributed by atoms with E-state index in [-0.39, 0.29) is 17.9 Å². The van der Waals surface area contributed by atoms with Crippen LogP contribution in [-0.2, 0) is 10.3 Å². The van der Waals surface area contributed by atoms with Crippen molar-refractivity contribution in [2.45, 2.75) is 24.5 Å². The molecule has 4 rings (SSSR count). The fourth-order valence-electron chi connectivity index (χ4n) is 3.60. The van der Waals surface area contributed by atoms with Gasteiger partial charge in [-0.2, -0.15) is 0 Å². The first kappa shape index (κ1) is 19.9. The van der Waals surface area contributed by atoms with Gasteiger partial charge in [0.05, 0.1) is 13.3 Å². The maximum Gasteiger partial charge on any atom is 0.283 e. The van der Waals surface area contributed by atoms with Crippen LogP contribution in [0.15, 0.2) is 35.5 Å². The molecule has 0 unspecified atom stereocenters. The summed E-state index contributed by atoms with van der Waals surface area (Å²) in [4.78, 5) is 19.8. The van der Waals surface area contributed by atoms with E-state index in [0.29, 0.717) is 0 Å². The van der Waals surface area contributed by atoms with Crippen LogP contribution >= 0.6 is 0 Å². The lowest BCUT2D eigenvalue weighted by molar-refractivity contribution is 0.0177. The molecular formula is C19H16F4N4O3. The highest BCUT2D eigenvalue weighted by molar-refractivity contribution is 6.03. The number of fused-ring (bicyclic) bond motifs is 1. The second-order valence-corrected chi connectivity index (χ2v) is 6.93. The van der Waals surface area contributed by atoms with Crippen molar-refractivity contribution in [1.29, 1.82) is 0 Å². The lowest BCUT2D eigenvalue weighted by Gasteiger charge is -2.33. The van der Waals surface area contributed by atoms with Crippen molar-refractivity contribution in [2.24, 2.45) is 16.6 Å². The first-order chi connectivity index (χ1) is 14.3. The first-order valence-electron chi connectivity index (χ1n) is 8.87. The monoisotopic (exact) mass is 424 g/mol. The number of amidine groups is 1. The standard InChI is InChI=1S/C19H16F4N4O3/c1-29-9-5-13(21)15(25-7-9)16(28)26-8-2-3-12(20)10(4-8)19(17(22)23)11-6-14(11)30-18(24)27-19/h2-5,7,11,14,17H,6H2,1H3,(H2,24,27)(H,26,28)/t11-,14+,19+/m0/s1. The molecule has 1 aromatic carbocycles. The number of nitrogens with two attached hydrogens (primary N) is 1. The Bertz CT molecular complexity index is 1050. The molecule has 1 aliphatic carbocycles. The summed E-state index contributed by atoms with van der Waals surface area (Å²) in [6.45, 7) is 0. The number of benzene rings is 1. The predicted octanol–water partition coefficient (Wildman–Crippen LogP) is 2.81. The number of carbonyl (C=O) groups excluding carboxylic acids is 1. The van der Waals surface area contributed by atoms with Gasteiger partial charge in [-0.05, 0) is 24.6 Å². The number of nitrogens with one attached hydrogen (secondary N) is 1. The van der Waals surface area contributed by atoms with Crippen LogP contribution in [0.2, 0.25) is 0 Å². The van der Waals surface area contributed by atoms with Crippen molar-refractivity contribution in [1.82, 2.24) is 4.98 Å². The average molecular weight is 424 g/mol. The highest BCUT2D eigenvalue weighted by Gasteiger charge is 2.64. The third-order valence-electron chi connectivity index (χ3n) is 5.12. The van der Waals surface area contributed by atoms with Crippen LogP contribution in [0.25, 0.3) is 0 Å². The number of halogens is 4. The summed E-state index contributed by atoms with van der Waals surface area (Å²) >= 11 is 0. The summed E-state index contributed by atoms with van der Waals surface area (Å²) in [5.41, 5.74) is 2.28. The maximum atomic E-state index is 14.6. The minimum Gasteiger partial charge on any atom is -0.495 e. The molecular weight excluding hydrogens is 408 g/mol. The Morgan fingerprint density at radius 1 is 1.33 bits per heavy atom. The molecule has 2 aliphatic rings. The molecule has 11 heteroatoms. The van der Waals surface area contributed by atoms with E-state index in [0.717, 1.165) is 30.5 Å². The molecule has 2 heterocycles. The molecule has 0 radical (unpaired) electrons. The molecule has 0 spiro atoms. The Morgan fingerprint density at radius 3 is 2.77 bits per heavy atom. The van der Waals surface area contributed by atoms with Gasteiger partial charge in [0, 0.05) is 23.2 Å². The maximum absolute atomic E-state index is 14.6. The lowest BCUT2D eigenvalue weighted by Crippen LogP contribution is -2.43. The highest BCUT2D eigenvalue weighted by atomic mass is 19.3. The van der Waals surface area contributed by atoms with Crippen LogP contribution in [0.3, 0.4) is 0 Å². The van der Waals surface area contributed by atoms with E-state index in [4.69, 9.17) is 15.2 Å². The number of pyridine rings is 1. The van der Waals surface area contributed by atoms with Crippen LogP contribution in [0.1, 0.15) is 22.5 Å². The summed E-state index contributed by atoms with van der Waals surface area (Å²) in [5, 5.41) is 2.33. The zero-order chi connectivity index (χ0) is 21.6. The molecule has 0 saturated heterocycles. The second kappa shape index (κ2) is 7.15. The molecule has 3 atom stereocenters. The van der Waals surface area contributed by atoms with E-state index in [9.17, 15) is 22.4 Å². The Morgan fingerprint density at radius 2 is 2.10 bits per heavy atom. The fourth-order valence-corrected chi connectivity index (χ4v) is 3.60. The largest absolute Gasteiger partial charge is 0.495 e. The molecule has 1 aliphatic heterocycles. The van der Waals surface area contributed by atoms with Crippen LogP contribution in [0, 0.1) is 17.6 Å². The lowest BCUT2D eigenvalue weighted by atomic mass is 9.84. The van der Waals surface area contributed by atoms with Gasteiger partial charge in [-0.25, -0.2) is 27.5 Å². The molecule has 0 bridgehead atoms. The SMILES string of the molecule is COc1cnc(C(=O)Nc2ccc(F)c([C@@]3(C(F)F)N=C(N)O[C@@H]4C[C@@H]43)c2)c(F)c1. The minimum atomic E-state index is -3.07. The number of anilines is 1. The smallest absolute Gasteiger partial charge is 0.283 e. The number of nitrogens with zero attached hydrogens (tertiary/aromatic N) is 2. The van der Waals surface area contributed by atoms with Crippen molar-refractivity contribution < 1.29 is 31.8 Å². The molecule has 3 N–H and O–H groups in total. The summed E-state index contributed by atoms with van der Waals surface area (Å²) in [6, 6.07) is 3.64. The molecule has 1 amide bonds. The number of aliphatic imine (C=N–C) groups is 1. The van der Waals surface area contributed by atoms with Crippen molar-refractivity contribution >= 4 is 17.6 Å². The molecule has 7 nitrogen and oxygen atoms in total. The van der Waals surface area contributed by atoms with Gasteiger partial charge in [-0.15, -0.1) is 0 Å². The van der Waals surface area contributed by atoms with Gasteiger partial charge in [0.1, 0.15) is 17.7 Å². The zero-order valence-electron chi connectivity index (χ0n) is 15.5. The first-order valence-corrected chi connectivity index (χ1v) is 8.87. The third kappa shape index (κ3) is 3.19. The molecule has 1 saturated carbocycles. The number of carbonyl (C=O) groups is 1. The normalized spacial score (nSPS) is 24.5. The fraction of sp³-hybridized carbons (Fsp3) is 0.316. The number of methoxy groups -OCH3 is 1. The van der Waals surface area contributed by atoms with Crippen LogP contribution in [-0.4, -0.2) is 36.6 Å². The van der Waals surface area contributed by atoms with E-state index < -0.39 is 58.8 Å². The number of amides is 1. The topological polar surface area (TPSA) is 98.8 Å². The Hall–Kier alpha value is -3.37. The van der Waals surface area contributed by atoms with Gasteiger partial charge in [0.15, 0.2) is 17.1 Å². The quantitative estimate of drug-likeness (QED) is 0.720. The minimum absolute atomic E-state index is 0.0362. The van der Waals surface area contributed by atoms with Crippen molar-refractivity contribution in [3.8, 4) is 5.75 Å². The number of aromatic nitrogens is 1. The van der Waals surface area contributed by atoms with Gasteiger partial charge < -0.3 is 20.5 Å². The summed E-state index contributed by atoms with van der Waals surface area (Å²) in [6.07, 6.45) is -2.26. The summed E-state index contributed by atoms with van der Waals surface area (Å²) in [7, 11) is 1.31. The summed E-state index contributed by atoms with van der Waals surface area (Å²) in [5.74, 6) is -3.47. The molecule has 1 aromatic heterocycles. The zero-order valence-corrected chi connectivity index (χ0v) is 15.5. The van der Waals surface area contributed by atoms with E-state index in [1.165, 1.54) is 7.11 Å². The van der Waals surface area contributed by atoms with Crippen LogP contribution < -0.4 is 15.8 Å². The number of ether oxygens (including phenoxy) is 2. The van der Waals surface area contributed by atoms with Gasteiger partial charge in [0.2, 0.25) is 0 Å². The van der Waals surface area contributed by atoms with Gasteiger partial charge >= 0.3 is 0 Å². The second-order valence-electron chi connectivity index (χ2n) is 6.93. The summed E-state index contributed by atoms with van der Waals surface area (Å²) < 4.78 is 66.9. The Labute approximate surface area is 167 Å². The number of alkyl halides is 2. The molecule has 158 valence electrons. The predicted molar refractivity (Wildman–Crippen MR) is 97.4 cm³/mol. The van der Waals surface area contributed by atoms with E-state index >= 15 is 0 Å². The Balaban J connectivity index is 1.69. The number of rotatable bonds is 5. The molecule has 1 fully saturated rings. The van der Waals surface area contributed by atoms with Gasteiger partial charge in [-0.3, -0.25) is 4.79 Å². The van der Waals surface area contributed by atoms with Crippen LogP contribution in [0.4, 0.5) is 23.2 Å². The molecule has 30 heavy (non-hydrogen) atoms. The van der Waals surface area contributed by atoms with E-state index in [1.54, 1.807) is 0 Å². The highest BCUT2D eigenvalue weighted by Crippen LogP contribution is 2.56. The van der Waals surface area contributed by atoms with Crippen LogP contribution in [0.5, 0.6) is 5.75 Å². The van der Waals surface area contributed by atoms with Gasteiger partial charge in [0.25, 0.3) is 18.4 Å². The van der Waals surface area contributed by atoms with Crippen molar-refractivity contribution in [3.05, 3.63) is 53.4 Å². The van der Waals surface area contributed by atoms with Crippen molar-refractivity contribution in [2.75, 3.05) is 12.4 Å². The van der Waals surface area contributed by atoms with Gasteiger partial charge in [-0.1, -0.05) is 0 Å². The van der Waals surface area contributed by atoms with E-state index in [2.05, 4.69) is 15.3 Å². The number of hydrogen-bond donors (Lipinski definition) is 2. The van der Waals surface area contributed by atoms with Crippen molar-refractivity contribution in [3.63, 3.8) is 0 Å². The number of hydrogen-bond acceptors (Lipinski definition) is 6.